The molecule has 2 heterocycles. The number of anilines is 3. The van der Waals surface area contributed by atoms with Crippen molar-refractivity contribution in [3.05, 3.63) is 53.3 Å². The van der Waals surface area contributed by atoms with E-state index in [0.29, 0.717) is 23.5 Å². The van der Waals surface area contributed by atoms with Gasteiger partial charge in [0.05, 0.1) is 5.92 Å². The number of nitrogens with zero attached hydrogens (tertiary/aromatic N) is 1. The fourth-order valence-electron chi connectivity index (χ4n) is 3.71. The summed E-state index contributed by atoms with van der Waals surface area (Å²) in [7, 11) is 0. The van der Waals surface area contributed by atoms with Gasteiger partial charge in [-0.15, -0.1) is 0 Å². The molecule has 27 heavy (non-hydrogen) atoms. The molecule has 0 fully saturated rings. The number of carbonyl (C=O) groups excluding carboxylic acids is 3. The molecule has 1 unspecified atom stereocenters. The van der Waals surface area contributed by atoms with Gasteiger partial charge in [-0.3, -0.25) is 14.4 Å². The molecule has 6 nitrogen and oxygen atoms in total. The summed E-state index contributed by atoms with van der Waals surface area (Å²) in [5.41, 5.74) is 3.39. The minimum atomic E-state index is -0.684. The van der Waals surface area contributed by atoms with Gasteiger partial charge in [0.15, 0.2) is 0 Å². The van der Waals surface area contributed by atoms with Gasteiger partial charge in [0.25, 0.3) is 0 Å². The summed E-state index contributed by atoms with van der Waals surface area (Å²) in [6.07, 6.45) is 0.736. The Morgan fingerprint density at radius 3 is 2.81 bits per heavy atom. The lowest BCUT2D eigenvalue weighted by Gasteiger charge is -2.25. The Morgan fingerprint density at radius 1 is 1.22 bits per heavy atom. The minimum absolute atomic E-state index is 0.00746. The summed E-state index contributed by atoms with van der Waals surface area (Å²) in [6.45, 7) is 2.16. The van der Waals surface area contributed by atoms with Crippen LogP contribution in [0.15, 0.2) is 36.4 Å². The van der Waals surface area contributed by atoms with E-state index in [1.54, 1.807) is 11.0 Å². The van der Waals surface area contributed by atoms with Gasteiger partial charge >= 0.3 is 0 Å². The van der Waals surface area contributed by atoms with Crippen LogP contribution in [0.1, 0.15) is 30.4 Å². The average Bonchev–Trinajstić information content (AvgIpc) is 3.04. The second kappa shape index (κ2) is 6.50. The van der Waals surface area contributed by atoms with Gasteiger partial charge in [-0.2, -0.15) is 0 Å². The van der Waals surface area contributed by atoms with E-state index in [4.69, 9.17) is 0 Å². The fraction of sp³-hybridized carbons (Fsp3) is 0.250. The molecule has 2 N–H and O–H groups in total. The van der Waals surface area contributed by atoms with Crippen LogP contribution >= 0.6 is 0 Å². The first kappa shape index (κ1) is 17.2. The van der Waals surface area contributed by atoms with Gasteiger partial charge < -0.3 is 15.5 Å². The molecule has 3 amide bonds. The van der Waals surface area contributed by atoms with Crippen molar-refractivity contribution in [1.82, 2.24) is 0 Å². The van der Waals surface area contributed by atoms with Crippen LogP contribution in [0.3, 0.4) is 0 Å². The van der Waals surface area contributed by atoms with Crippen molar-refractivity contribution >= 4 is 34.8 Å². The van der Waals surface area contributed by atoms with Gasteiger partial charge in [-0.1, -0.05) is 6.07 Å². The van der Waals surface area contributed by atoms with Crippen LogP contribution in [0.5, 0.6) is 0 Å². The maximum absolute atomic E-state index is 13.4. The lowest BCUT2D eigenvalue weighted by atomic mass is 9.89. The van der Waals surface area contributed by atoms with Crippen LogP contribution in [0.4, 0.5) is 21.5 Å². The van der Waals surface area contributed by atoms with E-state index in [2.05, 4.69) is 10.6 Å². The summed E-state index contributed by atoms with van der Waals surface area (Å²) in [6, 6.07) is 9.44. The Kier molecular flexibility index (Phi) is 4.14. The fourth-order valence-corrected chi connectivity index (χ4v) is 3.71. The Balaban J connectivity index is 1.57. The molecule has 0 bridgehead atoms. The van der Waals surface area contributed by atoms with Crippen LogP contribution in [0.2, 0.25) is 0 Å². The van der Waals surface area contributed by atoms with Crippen LogP contribution in [-0.4, -0.2) is 24.3 Å². The lowest BCUT2D eigenvalue weighted by molar-refractivity contribution is -0.123. The molecule has 138 valence electrons. The highest BCUT2D eigenvalue weighted by atomic mass is 19.1. The first-order valence-corrected chi connectivity index (χ1v) is 8.73. The van der Waals surface area contributed by atoms with E-state index in [1.165, 1.54) is 25.1 Å². The van der Waals surface area contributed by atoms with Crippen molar-refractivity contribution < 1.29 is 18.8 Å². The third-order valence-corrected chi connectivity index (χ3v) is 4.99. The highest BCUT2D eigenvalue weighted by Crippen LogP contribution is 2.35. The first-order chi connectivity index (χ1) is 12.9. The first-order valence-electron chi connectivity index (χ1n) is 8.73. The zero-order valence-corrected chi connectivity index (χ0v) is 14.7. The number of benzene rings is 2. The number of halogens is 1. The molecule has 7 heteroatoms. The zero-order valence-electron chi connectivity index (χ0n) is 14.7. The molecular formula is C20H18FN3O3. The summed E-state index contributed by atoms with van der Waals surface area (Å²) in [5, 5.41) is 5.45. The summed E-state index contributed by atoms with van der Waals surface area (Å²) in [4.78, 5) is 38.0. The Morgan fingerprint density at radius 2 is 2.04 bits per heavy atom. The standard InChI is InChI=1S/C20H18FN3O3/c1-11(25)24-7-6-12-8-14(3-5-18(12)24)22-20(27)16-10-19(26)23-17-9-13(21)2-4-15(16)17/h2-5,8-9,16H,6-7,10H2,1H3,(H,22,27)(H,23,26). The maximum Gasteiger partial charge on any atom is 0.232 e. The molecule has 2 aromatic rings. The number of fused-ring (bicyclic) bond motifs is 2. The largest absolute Gasteiger partial charge is 0.326 e. The predicted molar refractivity (Wildman–Crippen MR) is 99.2 cm³/mol. The molecule has 2 aliphatic heterocycles. The molecule has 2 aromatic carbocycles. The number of carbonyl (C=O) groups is 3. The minimum Gasteiger partial charge on any atom is -0.326 e. The van der Waals surface area contributed by atoms with Crippen molar-refractivity contribution in [3.63, 3.8) is 0 Å². The molecule has 0 aromatic heterocycles. The van der Waals surface area contributed by atoms with Gasteiger partial charge in [0.2, 0.25) is 17.7 Å². The van der Waals surface area contributed by atoms with Crippen molar-refractivity contribution in [2.75, 3.05) is 22.1 Å². The monoisotopic (exact) mass is 367 g/mol. The molecule has 2 aliphatic rings. The molecule has 4 rings (SSSR count). The summed E-state index contributed by atoms with van der Waals surface area (Å²) >= 11 is 0. The van der Waals surface area contributed by atoms with Gasteiger partial charge in [0.1, 0.15) is 5.82 Å². The average molecular weight is 367 g/mol. The number of nitrogens with one attached hydrogen (secondary N) is 2. The Bertz CT molecular complexity index is 973. The van der Waals surface area contributed by atoms with Crippen LogP contribution in [0.25, 0.3) is 0 Å². The molecular weight excluding hydrogens is 349 g/mol. The third-order valence-electron chi connectivity index (χ3n) is 4.99. The van der Waals surface area contributed by atoms with Crippen molar-refractivity contribution in [1.29, 1.82) is 0 Å². The van der Waals surface area contributed by atoms with E-state index in [0.717, 1.165) is 17.7 Å². The highest BCUT2D eigenvalue weighted by Gasteiger charge is 2.31. The molecule has 0 saturated carbocycles. The second-order valence-corrected chi connectivity index (χ2v) is 6.79. The Hall–Kier alpha value is -3.22. The van der Waals surface area contributed by atoms with Crippen molar-refractivity contribution in [2.24, 2.45) is 0 Å². The van der Waals surface area contributed by atoms with Crippen molar-refractivity contribution in [3.8, 4) is 0 Å². The second-order valence-electron chi connectivity index (χ2n) is 6.79. The zero-order chi connectivity index (χ0) is 19.1. The van der Waals surface area contributed by atoms with Crippen LogP contribution < -0.4 is 15.5 Å². The van der Waals surface area contributed by atoms with Gasteiger partial charge in [0, 0.05) is 37.0 Å². The SMILES string of the molecule is CC(=O)N1CCc2cc(NC(=O)C3CC(=O)Nc4cc(F)ccc43)ccc21. The molecule has 0 radical (unpaired) electrons. The number of amides is 3. The Labute approximate surface area is 155 Å². The van der Waals surface area contributed by atoms with Gasteiger partial charge in [-0.25, -0.2) is 4.39 Å². The van der Waals surface area contributed by atoms with E-state index < -0.39 is 11.7 Å². The van der Waals surface area contributed by atoms with Gasteiger partial charge in [-0.05, 0) is 47.9 Å². The number of hydrogen-bond donors (Lipinski definition) is 2. The topological polar surface area (TPSA) is 78.5 Å². The highest BCUT2D eigenvalue weighted by molar-refractivity contribution is 6.05. The van der Waals surface area contributed by atoms with E-state index in [1.807, 2.05) is 12.1 Å². The van der Waals surface area contributed by atoms with E-state index in [-0.39, 0.29) is 24.1 Å². The number of rotatable bonds is 2. The molecule has 1 atom stereocenters. The smallest absolute Gasteiger partial charge is 0.232 e. The molecule has 0 saturated heterocycles. The summed E-state index contributed by atoms with van der Waals surface area (Å²) in [5.74, 6) is -1.80. The maximum atomic E-state index is 13.4. The third kappa shape index (κ3) is 3.16. The number of hydrogen-bond acceptors (Lipinski definition) is 3. The van der Waals surface area contributed by atoms with Crippen molar-refractivity contribution in [2.45, 2.75) is 25.7 Å². The summed E-state index contributed by atoms with van der Waals surface area (Å²) < 4.78 is 13.4. The van der Waals surface area contributed by atoms with Crippen LogP contribution in [-0.2, 0) is 20.8 Å². The quantitative estimate of drug-likeness (QED) is 0.857. The van der Waals surface area contributed by atoms with E-state index in [9.17, 15) is 18.8 Å². The predicted octanol–water partition coefficient (Wildman–Crippen LogP) is 2.80. The molecule has 0 spiro atoms. The molecule has 0 aliphatic carbocycles. The van der Waals surface area contributed by atoms with Crippen LogP contribution in [0, 0.1) is 5.82 Å². The normalized spacial score (nSPS) is 17.8. The van der Waals surface area contributed by atoms with E-state index >= 15 is 0 Å². The lowest BCUT2D eigenvalue weighted by Crippen LogP contribution is -2.30.